The maximum atomic E-state index is 13.3. The molecule has 2 bridgehead atoms. The lowest BCUT2D eigenvalue weighted by Crippen LogP contribution is -2.72. The molecule has 6 nitrogen and oxygen atoms in total. The number of nitrogens with one attached hydrogen (secondary N) is 1. The molecule has 2 heterocycles. The van der Waals surface area contributed by atoms with E-state index in [-0.39, 0.29) is 11.9 Å². The molecule has 3 unspecified atom stereocenters. The molecule has 1 amide bonds. The van der Waals surface area contributed by atoms with Crippen LogP contribution in [0.3, 0.4) is 0 Å². The smallest absolute Gasteiger partial charge is 0.233 e. The molecule has 1 fully saturated rings. The highest BCUT2D eigenvalue weighted by molar-refractivity contribution is 7.80. The lowest BCUT2D eigenvalue weighted by atomic mass is 9.78. The van der Waals surface area contributed by atoms with Crippen molar-refractivity contribution in [2.45, 2.75) is 25.6 Å². The molecule has 0 saturated carbocycles. The first-order valence-corrected chi connectivity index (χ1v) is 9.93. The summed E-state index contributed by atoms with van der Waals surface area (Å²) in [6.45, 7) is 3.96. The zero-order valence-corrected chi connectivity index (χ0v) is 18.0. The van der Waals surface area contributed by atoms with Crippen molar-refractivity contribution in [2.75, 3.05) is 26.1 Å². The highest BCUT2D eigenvalue weighted by Gasteiger charge is 2.59. The summed E-state index contributed by atoms with van der Waals surface area (Å²) in [5, 5.41) is 3.93. The summed E-state index contributed by atoms with van der Waals surface area (Å²) in [6, 6.07) is 13.4. The van der Waals surface area contributed by atoms with Gasteiger partial charge >= 0.3 is 0 Å². The molecule has 7 heteroatoms. The third-order valence-corrected chi connectivity index (χ3v) is 6.01. The number of ether oxygens (including phenoxy) is 2. The van der Waals surface area contributed by atoms with Gasteiger partial charge < -0.3 is 19.7 Å². The summed E-state index contributed by atoms with van der Waals surface area (Å²) in [5.41, 5.74) is 1.85. The zero-order chi connectivity index (χ0) is 20.9. The summed E-state index contributed by atoms with van der Waals surface area (Å²) in [4.78, 5) is 16.8. The van der Waals surface area contributed by atoms with Crippen LogP contribution >= 0.6 is 12.2 Å². The van der Waals surface area contributed by atoms with Gasteiger partial charge in [-0.15, -0.1) is 0 Å². The van der Waals surface area contributed by atoms with Gasteiger partial charge in [0.2, 0.25) is 5.91 Å². The van der Waals surface area contributed by atoms with Crippen LogP contribution in [0.15, 0.2) is 42.5 Å². The second-order valence-electron chi connectivity index (χ2n) is 7.84. The summed E-state index contributed by atoms with van der Waals surface area (Å²) in [7, 11) is 5.14. The number of anilines is 1. The number of hydrogen-bond acceptors (Lipinski definition) is 4. The Balaban J connectivity index is 1.93. The zero-order valence-electron chi connectivity index (χ0n) is 17.2. The molecule has 29 heavy (non-hydrogen) atoms. The van der Waals surface area contributed by atoms with Crippen LogP contribution in [0.2, 0.25) is 0 Å². The van der Waals surface area contributed by atoms with Gasteiger partial charge in [-0.3, -0.25) is 9.69 Å². The van der Waals surface area contributed by atoms with Crippen LogP contribution in [0.25, 0.3) is 0 Å². The molecule has 2 aromatic carbocycles. The monoisotopic (exact) mass is 411 g/mol. The number of methoxy groups -OCH3 is 1. The van der Waals surface area contributed by atoms with Crippen molar-refractivity contribution in [2.24, 2.45) is 5.92 Å². The molecule has 0 radical (unpaired) electrons. The van der Waals surface area contributed by atoms with Gasteiger partial charge in [0, 0.05) is 25.3 Å². The molecule has 4 rings (SSSR count). The SMILES string of the molecule is COc1cccc2c1OC1(C)C(C(=O)N(C)C)C2NC(=S)N1c1ccc(C)cc1. The molecule has 3 atom stereocenters. The van der Waals surface area contributed by atoms with E-state index in [0.29, 0.717) is 16.6 Å². The van der Waals surface area contributed by atoms with E-state index >= 15 is 0 Å². The first-order chi connectivity index (χ1) is 13.8. The van der Waals surface area contributed by atoms with Crippen LogP contribution in [-0.4, -0.2) is 42.8 Å². The van der Waals surface area contributed by atoms with E-state index in [1.165, 1.54) is 0 Å². The minimum Gasteiger partial charge on any atom is -0.493 e. The Morgan fingerprint density at radius 2 is 1.93 bits per heavy atom. The highest BCUT2D eigenvalue weighted by Crippen LogP contribution is 2.52. The maximum Gasteiger partial charge on any atom is 0.233 e. The number of para-hydroxylation sites is 1. The molecule has 1 saturated heterocycles. The molecule has 0 spiro atoms. The molecular weight excluding hydrogens is 386 g/mol. The minimum atomic E-state index is -1.02. The highest BCUT2D eigenvalue weighted by atomic mass is 32.1. The van der Waals surface area contributed by atoms with E-state index in [2.05, 4.69) is 5.32 Å². The van der Waals surface area contributed by atoms with E-state index in [0.717, 1.165) is 16.8 Å². The number of fused-ring (bicyclic) bond motifs is 4. The predicted octanol–water partition coefficient (Wildman–Crippen LogP) is 3.25. The number of nitrogens with zero attached hydrogens (tertiary/aromatic N) is 2. The number of carbonyl (C=O) groups is 1. The Bertz CT molecular complexity index is 976. The second kappa shape index (κ2) is 6.91. The fourth-order valence-corrected chi connectivity index (χ4v) is 4.68. The van der Waals surface area contributed by atoms with Gasteiger partial charge in [0.15, 0.2) is 22.3 Å². The van der Waals surface area contributed by atoms with Crippen molar-refractivity contribution >= 4 is 28.9 Å². The van der Waals surface area contributed by atoms with Gasteiger partial charge in [-0.05, 0) is 44.3 Å². The molecule has 2 aliphatic heterocycles. The third kappa shape index (κ3) is 2.92. The molecule has 0 aromatic heterocycles. The Hall–Kier alpha value is -2.80. The van der Waals surface area contributed by atoms with Crippen LogP contribution in [-0.2, 0) is 4.79 Å². The Kier molecular flexibility index (Phi) is 4.65. The molecule has 0 aliphatic carbocycles. The molecule has 1 N–H and O–H groups in total. The summed E-state index contributed by atoms with van der Waals surface area (Å²) >= 11 is 5.74. The third-order valence-electron chi connectivity index (χ3n) is 5.71. The van der Waals surface area contributed by atoms with Crippen molar-refractivity contribution in [1.29, 1.82) is 0 Å². The van der Waals surface area contributed by atoms with Crippen LogP contribution in [0.5, 0.6) is 11.5 Å². The number of hydrogen-bond donors (Lipinski definition) is 1. The van der Waals surface area contributed by atoms with Gasteiger partial charge in [0.25, 0.3) is 0 Å². The standard InChI is InChI=1S/C22H25N3O3S/c1-13-9-11-14(12-10-13)25-21(29)23-18-15-7-6-8-16(27-5)19(15)28-22(25,2)17(18)20(26)24(3)4/h6-12,17-18H,1-5H3,(H,23,29). The first kappa shape index (κ1) is 19.5. The summed E-state index contributed by atoms with van der Waals surface area (Å²) < 4.78 is 12.1. The van der Waals surface area contributed by atoms with Crippen LogP contribution in [0, 0.1) is 12.8 Å². The molecular formula is C22H25N3O3S. The minimum absolute atomic E-state index is 0.0296. The maximum absolute atomic E-state index is 13.3. The van der Waals surface area contributed by atoms with Gasteiger partial charge in [0.1, 0.15) is 5.92 Å². The van der Waals surface area contributed by atoms with E-state index < -0.39 is 11.6 Å². The Morgan fingerprint density at radius 1 is 1.24 bits per heavy atom. The van der Waals surface area contributed by atoms with Crippen molar-refractivity contribution in [3.63, 3.8) is 0 Å². The number of amides is 1. The number of benzene rings is 2. The average Bonchev–Trinajstić information content (AvgIpc) is 2.68. The normalized spacial score (nSPS) is 24.9. The summed E-state index contributed by atoms with van der Waals surface area (Å²) in [5.74, 6) is 0.730. The first-order valence-electron chi connectivity index (χ1n) is 9.52. The Morgan fingerprint density at radius 3 is 2.55 bits per heavy atom. The van der Waals surface area contributed by atoms with E-state index in [1.807, 2.05) is 61.2 Å². The second-order valence-corrected chi connectivity index (χ2v) is 8.23. The lowest BCUT2D eigenvalue weighted by Gasteiger charge is -2.56. The van der Waals surface area contributed by atoms with Crippen LogP contribution in [0.1, 0.15) is 24.1 Å². The van der Waals surface area contributed by atoms with Crippen molar-refractivity contribution in [1.82, 2.24) is 10.2 Å². The van der Waals surface area contributed by atoms with Crippen molar-refractivity contribution in [3.05, 3.63) is 53.6 Å². The van der Waals surface area contributed by atoms with Gasteiger partial charge in [-0.25, -0.2) is 0 Å². The predicted molar refractivity (Wildman–Crippen MR) is 116 cm³/mol. The molecule has 2 aliphatic rings. The van der Waals surface area contributed by atoms with E-state index in [4.69, 9.17) is 21.7 Å². The fourth-order valence-electron chi connectivity index (χ4n) is 4.27. The topological polar surface area (TPSA) is 54.0 Å². The quantitative estimate of drug-likeness (QED) is 0.783. The number of thiocarbonyl (C=S) groups is 1. The van der Waals surface area contributed by atoms with E-state index in [9.17, 15) is 4.79 Å². The molecule has 2 aromatic rings. The van der Waals surface area contributed by atoms with Crippen LogP contribution < -0.4 is 19.7 Å². The average molecular weight is 412 g/mol. The van der Waals surface area contributed by atoms with Crippen LogP contribution in [0.4, 0.5) is 5.69 Å². The largest absolute Gasteiger partial charge is 0.493 e. The van der Waals surface area contributed by atoms with Crippen molar-refractivity contribution in [3.8, 4) is 11.5 Å². The lowest BCUT2D eigenvalue weighted by molar-refractivity contribution is -0.144. The Labute approximate surface area is 176 Å². The molecule has 152 valence electrons. The summed E-state index contributed by atoms with van der Waals surface area (Å²) in [6.07, 6.45) is 0. The number of aryl methyl sites for hydroxylation is 1. The van der Waals surface area contributed by atoms with E-state index in [1.54, 1.807) is 26.1 Å². The number of rotatable bonds is 3. The van der Waals surface area contributed by atoms with Gasteiger partial charge in [0.05, 0.1) is 13.2 Å². The van der Waals surface area contributed by atoms with Gasteiger partial charge in [-0.2, -0.15) is 0 Å². The van der Waals surface area contributed by atoms with Crippen molar-refractivity contribution < 1.29 is 14.3 Å². The van der Waals surface area contributed by atoms with Gasteiger partial charge in [-0.1, -0.05) is 29.8 Å². The number of carbonyl (C=O) groups excluding carboxylic acids is 1. The fraction of sp³-hybridized carbons (Fsp3) is 0.364.